The van der Waals surface area contributed by atoms with Gasteiger partial charge in [0.15, 0.2) is 11.5 Å². The van der Waals surface area contributed by atoms with E-state index in [1.54, 1.807) is 18.2 Å². The molecule has 0 fully saturated rings. The molecule has 0 saturated carbocycles. The quantitative estimate of drug-likeness (QED) is 0.438. The fourth-order valence-electron chi connectivity index (χ4n) is 2.95. The maximum absolute atomic E-state index is 12.1. The van der Waals surface area contributed by atoms with Crippen LogP contribution in [0.25, 0.3) is 0 Å². The van der Waals surface area contributed by atoms with Gasteiger partial charge in [0.2, 0.25) is 0 Å². The maximum Gasteiger partial charge on any atom is 0.254 e. The second-order valence-electron chi connectivity index (χ2n) is 7.34. The van der Waals surface area contributed by atoms with Crippen LogP contribution in [0.4, 0.5) is 0 Å². The Morgan fingerprint density at radius 3 is 2.43 bits per heavy atom. The van der Waals surface area contributed by atoms with E-state index >= 15 is 0 Å². The van der Waals surface area contributed by atoms with E-state index in [0.717, 1.165) is 26.1 Å². The van der Waals surface area contributed by atoms with Crippen molar-refractivity contribution in [3.63, 3.8) is 0 Å². The standard InChI is InChI=1S/C23H32N4O3/c1-5-18-9-11-19(12-10-18)16-26(2)13-14-27(3)17-22(28)25-24-15-20-7-6-8-21(30-4)23(20)29/h6-12,15,29H,5,13-14,16-17H2,1-4H3,(H,25,28)/b24-15+. The number of rotatable bonds is 11. The van der Waals surface area contributed by atoms with E-state index in [4.69, 9.17) is 4.74 Å². The average Bonchev–Trinajstić information content (AvgIpc) is 2.74. The molecule has 0 aliphatic rings. The molecular weight excluding hydrogens is 380 g/mol. The molecule has 0 saturated heterocycles. The van der Waals surface area contributed by atoms with Crippen molar-refractivity contribution in [3.05, 3.63) is 59.2 Å². The van der Waals surface area contributed by atoms with Crippen LogP contribution >= 0.6 is 0 Å². The monoisotopic (exact) mass is 412 g/mol. The van der Waals surface area contributed by atoms with Gasteiger partial charge in [-0.1, -0.05) is 37.3 Å². The van der Waals surface area contributed by atoms with E-state index in [1.807, 2.05) is 11.9 Å². The van der Waals surface area contributed by atoms with Gasteiger partial charge in [-0.3, -0.25) is 9.69 Å². The first-order chi connectivity index (χ1) is 14.4. The number of aryl methyl sites for hydroxylation is 1. The largest absolute Gasteiger partial charge is 0.504 e. The van der Waals surface area contributed by atoms with Crippen LogP contribution in [0.3, 0.4) is 0 Å². The molecule has 1 amide bonds. The van der Waals surface area contributed by atoms with Crippen molar-refractivity contribution < 1.29 is 14.6 Å². The van der Waals surface area contributed by atoms with Crippen molar-refractivity contribution in [2.75, 3.05) is 40.8 Å². The lowest BCUT2D eigenvalue weighted by Gasteiger charge is -2.21. The number of carbonyl (C=O) groups excluding carboxylic acids is 1. The van der Waals surface area contributed by atoms with Crippen LogP contribution < -0.4 is 10.2 Å². The number of phenolic OH excluding ortho intramolecular Hbond substituents is 1. The molecule has 30 heavy (non-hydrogen) atoms. The zero-order valence-corrected chi connectivity index (χ0v) is 18.3. The minimum Gasteiger partial charge on any atom is -0.504 e. The van der Waals surface area contributed by atoms with E-state index in [-0.39, 0.29) is 18.2 Å². The van der Waals surface area contributed by atoms with Crippen molar-refractivity contribution in [1.29, 1.82) is 0 Å². The predicted molar refractivity (Wildman–Crippen MR) is 120 cm³/mol. The van der Waals surface area contributed by atoms with Gasteiger partial charge < -0.3 is 14.7 Å². The van der Waals surface area contributed by atoms with E-state index in [1.165, 1.54) is 24.5 Å². The van der Waals surface area contributed by atoms with Crippen LogP contribution in [0.15, 0.2) is 47.6 Å². The number of phenols is 1. The number of ether oxygens (including phenoxy) is 1. The number of hydrogen-bond acceptors (Lipinski definition) is 6. The van der Waals surface area contributed by atoms with E-state index in [0.29, 0.717) is 11.3 Å². The summed E-state index contributed by atoms with van der Waals surface area (Å²) < 4.78 is 5.05. The highest BCUT2D eigenvalue weighted by atomic mass is 16.5. The third kappa shape index (κ3) is 7.50. The van der Waals surface area contributed by atoms with Gasteiger partial charge in [0.25, 0.3) is 5.91 Å². The SMILES string of the molecule is CCc1ccc(CN(C)CCN(C)CC(=O)N/N=C/c2cccc(OC)c2O)cc1. The second kappa shape index (κ2) is 11.9. The fraction of sp³-hybridized carbons (Fsp3) is 0.391. The van der Waals surface area contributed by atoms with Gasteiger partial charge in [0.05, 0.1) is 19.9 Å². The maximum atomic E-state index is 12.1. The highest BCUT2D eigenvalue weighted by molar-refractivity contribution is 5.86. The minimum absolute atomic E-state index is 0.0116. The third-order valence-electron chi connectivity index (χ3n) is 4.80. The smallest absolute Gasteiger partial charge is 0.254 e. The number of methoxy groups -OCH3 is 1. The highest BCUT2D eigenvalue weighted by Gasteiger charge is 2.08. The zero-order chi connectivity index (χ0) is 21.9. The molecule has 162 valence electrons. The fourth-order valence-corrected chi connectivity index (χ4v) is 2.95. The number of para-hydroxylation sites is 1. The molecule has 2 N–H and O–H groups in total. The van der Waals surface area contributed by atoms with Crippen molar-refractivity contribution in [2.24, 2.45) is 5.10 Å². The summed E-state index contributed by atoms with van der Waals surface area (Å²) in [5.74, 6) is 0.131. The first-order valence-corrected chi connectivity index (χ1v) is 10.1. The normalized spacial score (nSPS) is 11.4. The molecule has 0 heterocycles. The van der Waals surface area contributed by atoms with E-state index < -0.39 is 0 Å². The molecule has 0 aliphatic heterocycles. The summed E-state index contributed by atoms with van der Waals surface area (Å²) in [4.78, 5) is 16.3. The average molecular weight is 413 g/mol. The van der Waals surface area contributed by atoms with E-state index in [9.17, 15) is 9.90 Å². The Morgan fingerprint density at radius 2 is 1.77 bits per heavy atom. The Morgan fingerprint density at radius 1 is 1.10 bits per heavy atom. The van der Waals surface area contributed by atoms with Crippen LogP contribution in [0.5, 0.6) is 11.5 Å². The van der Waals surface area contributed by atoms with Crippen LogP contribution in [0.1, 0.15) is 23.6 Å². The van der Waals surface area contributed by atoms with Gasteiger partial charge >= 0.3 is 0 Å². The van der Waals surface area contributed by atoms with Crippen LogP contribution in [-0.4, -0.2) is 67.9 Å². The Labute approximate surface area is 179 Å². The van der Waals surface area contributed by atoms with Crippen LogP contribution in [0, 0.1) is 0 Å². The Kier molecular flexibility index (Phi) is 9.31. The van der Waals surface area contributed by atoms with Gasteiger partial charge in [-0.15, -0.1) is 0 Å². The summed E-state index contributed by atoms with van der Waals surface area (Å²) in [5.41, 5.74) is 5.58. The van der Waals surface area contributed by atoms with Crippen molar-refractivity contribution in [3.8, 4) is 11.5 Å². The van der Waals surface area contributed by atoms with Crippen molar-refractivity contribution in [1.82, 2.24) is 15.2 Å². The lowest BCUT2D eigenvalue weighted by atomic mass is 10.1. The summed E-state index contributed by atoms with van der Waals surface area (Å²) in [6.45, 7) is 4.87. The predicted octanol–water partition coefficient (Wildman–Crippen LogP) is 2.48. The minimum atomic E-state index is -0.214. The highest BCUT2D eigenvalue weighted by Crippen LogP contribution is 2.27. The molecule has 0 atom stereocenters. The number of hydrogen-bond donors (Lipinski definition) is 2. The molecule has 7 nitrogen and oxygen atoms in total. The summed E-state index contributed by atoms with van der Waals surface area (Å²) in [6.07, 6.45) is 2.45. The van der Waals surface area contributed by atoms with Gasteiger partial charge in [-0.25, -0.2) is 5.43 Å². The third-order valence-corrected chi connectivity index (χ3v) is 4.80. The molecule has 0 spiro atoms. The molecule has 0 bridgehead atoms. The van der Waals surface area contributed by atoms with Gasteiger partial charge in [-0.05, 0) is 43.8 Å². The molecule has 0 unspecified atom stereocenters. The number of aromatic hydroxyl groups is 1. The van der Waals surface area contributed by atoms with Crippen LogP contribution in [0.2, 0.25) is 0 Å². The lowest BCUT2D eigenvalue weighted by Crippen LogP contribution is -2.37. The molecular formula is C23H32N4O3. The van der Waals surface area contributed by atoms with Crippen LogP contribution in [-0.2, 0) is 17.8 Å². The number of hydrazone groups is 1. The molecule has 2 aromatic carbocycles. The lowest BCUT2D eigenvalue weighted by molar-refractivity contribution is -0.121. The molecule has 0 radical (unpaired) electrons. The summed E-state index contributed by atoms with van der Waals surface area (Å²) in [6, 6.07) is 13.8. The molecule has 7 heteroatoms. The van der Waals surface area contributed by atoms with E-state index in [2.05, 4.69) is 53.7 Å². The topological polar surface area (TPSA) is 77.4 Å². The Bertz CT molecular complexity index is 837. The molecule has 2 aromatic rings. The van der Waals surface area contributed by atoms with Gasteiger partial charge in [-0.2, -0.15) is 5.10 Å². The Hall–Kier alpha value is -2.90. The number of likely N-dealkylation sites (N-methyl/N-ethyl adjacent to an activating group) is 2. The van der Waals surface area contributed by atoms with Gasteiger partial charge in [0.1, 0.15) is 0 Å². The molecule has 2 rings (SSSR count). The summed E-state index contributed by atoms with van der Waals surface area (Å²) in [5, 5.41) is 13.9. The summed E-state index contributed by atoms with van der Waals surface area (Å²) >= 11 is 0. The first-order valence-electron chi connectivity index (χ1n) is 10.1. The molecule has 0 aliphatic carbocycles. The number of nitrogens with zero attached hydrogens (tertiary/aromatic N) is 3. The zero-order valence-electron chi connectivity index (χ0n) is 18.3. The number of benzene rings is 2. The van der Waals surface area contributed by atoms with Gasteiger partial charge in [0, 0.05) is 25.2 Å². The number of nitrogens with one attached hydrogen (secondary N) is 1. The number of amides is 1. The summed E-state index contributed by atoms with van der Waals surface area (Å²) in [7, 11) is 5.46. The Balaban J connectivity index is 1.72. The van der Waals surface area contributed by atoms with Crippen molar-refractivity contribution >= 4 is 12.1 Å². The first kappa shape index (κ1) is 23.4. The molecule has 0 aromatic heterocycles. The second-order valence-corrected chi connectivity index (χ2v) is 7.34. The van der Waals surface area contributed by atoms with Crippen molar-refractivity contribution in [2.45, 2.75) is 19.9 Å². The number of carbonyl (C=O) groups is 1.